The van der Waals surface area contributed by atoms with Crippen LogP contribution < -0.4 is 5.32 Å². The van der Waals surface area contributed by atoms with Gasteiger partial charge in [-0.05, 0) is 32.1 Å². The van der Waals surface area contributed by atoms with Crippen molar-refractivity contribution in [2.45, 2.75) is 32.2 Å². The van der Waals surface area contributed by atoms with Gasteiger partial charge in [0.15, 0.2) is 0 Å². The third kappa shape index (κ3) is 2.97. The number of ether oxygens (including phenoxy) is 2. The zero-order valence-electron chi connectivity index (χ0n) is 12.2. The summed E-state index contributed by atoms with van der Waals surface area (Å²) in [4.78, 5) is 2.65. The number of rotatable bonds is 4. The number of nitrogens with zero attached hydrogens (tertiary/aromatic N) is 1. The molecule has 0 bridgehead atoms. The number of hydrogen-bond acceptors (Lipinski definition) is 4. The highest BCUT2D eigenvalue weighted by molar-refractivity contribution is 4.95. The second-order valence-electron chi connectivity index (χ2n) is 6.58. The van der Waals surface area contributed by atoms with Crippen molar-refractivity contribution < 1.29 is 9.47 Å². The highest BCUT2D eigenvalue weighted by Gasteiger charge is 2.47. The smallest absolute Gasteiger partial charge is 0.0548 e. The van der Waals surface area contributed by atoms with Crippen LogP contribution in [0.2, 0.25) is 0 Å². The lowest BCUT2D eigenvalue weighted by atomic mass is 9.66. The highest BCUT2D eigenvalue weighted by atomic mass is 16.5. The van der Waals surface area contributed by atoms with Gasteiger partial charge in [-0.2, -0.15) is 0 Å². The Bertz CT molecular complexity index is 282. The first-order valence-corrected chi connectivity index (χ1v) is 7.90. The molecule has 3 saturated heterocycles. The summed E-state index contributed by atoms with van der Waals surface area (Å²) in [6.07, 6.45) is 3.77. The van der Waals surface area contributed by atoms with Crippen LogP contribution in [-0.4, -0.2) is 63.5 Å². The lowest BCUT2D eigenvalue weighted by Crippen LogP contribution is -2.55. The molecule has 0 aliphatic carbocycles. The Kier molecular flexibility index (Phi) is 4.42. The minimum absolute atomic E-state index is 0.452. The van der Waals surface area contributed by atoms with Crippen LogP contribution in [0.3, 0.4) is 0 Å². The number of hydrogen-bond donors (Lipinski definition) is 1. The zero-order valence-corrected chi connectivity index (χ0v) is 12.2. The molecule has 19 heavy (non-hydrogen) atoms. The molecule has 0 spiro atoms. The molecule has 3 fully saturated rings. The van der Waals surface area contributed by atoms with Gasteiger partial charge < -0.3 is 14.8 Å². The fourth-order valence-electron chi connectivity index (χ4n) is 4.03. The predicted molar refractivity (Wildman–Crippen MR) is 75.3 cm³/mol. The first-order chi connectivity index (χ1) is 9.30. The van der Waals surface area contributed by atoms with E-state index < -0.39 is 0 Å². The molecular formula is C15H28N2O2. The summed E-state index contributed by atoms with van der Waals surface area (Å²) < 4.78 is 11.1. The Balaban J connectivity index is 1.58. The first-order valence-electron chi connectivity index (χ1n) is 7.90. The Morgan fingerprint density at radius 2 is 1.84 bits per heavy atom. The molecule has 0 aromatic carbocycles. The third-order valence-corrected chi connectivity index (χ3v) is 5.34. The summed E-state index contributed by atoms with van der Waals surface area (Å²) in [5, 5.41) is 3.44. The molecule has 3 aliphatic heterocycles. The second-order valence-corrected chi connectivity index (χ2v) is 6.58. The van der Waals surface area contributed by atoms with Crippen LogP contribution >= 0.6 is 0 Å². The van der Waals surface area contributed by atoms with Gasteiger partial charge in [0.1, 0.15) is 0 Å². The summed E-state index contributed by atoms with van der Waals surface area (Å²) in [5.74, 6) is 0.820. The molecule has 0 aromatic rings. The average molecular weight is 268 g/mol. The fraction of sp³-hybridized carbons (Fsp3) is 1.00. The summed E-state index contributed by atoms with van der Waals surface area (Å²) in [6, 6.07) is 0.689. The van der Waals surface area contributed by atoms with Crippen molar-refractivity contribution in [3.05, 3.63) is 0 Å². The highest BCUT2D eigenvalue weighted by Crippen LogP contribution is 2.45. The number of piperazine rings is 1. The molecule has 0 aromatic heterocycles. The van der Waals surface area contributed by atoms with Gasteiger partial charge in [-0.15, -0.1) is 0 Å². The van der Waals surface area contributed by atoms with E-state index >= 15 is 0 Å². The van der Waals surface area contributed by atoms with Crippen molar-refractivity contribution in [1.82, 2.24) is 10.2 Å². The normalized spacial score (nSPS) is 30.8. The van der Waals surface area contributed by atoms with Gasteiger partial charge in [-0.1, -0.05) is 0 Å². The predicted octanol–water partition coefficient (Wildman–Crippen LogP) is 1.11. The summed E-state index contributed by atoms with van der Waals surface area (Å²) in [7, 11) is 0. The molecule has 3 rings (SSSR count). The average Bonchev–Trinajstić information content (AvgIpc) is 2.44. The SMILES string of the molecule is CC(CC1(C2CCOCC2)COC1)N1CCNCC1. The van der Waals surface area contributed by atoms with Crippen molar-refractivity contribution >= 4 is 0 Å². The molecule has 0 radical (unpaired) electrons. The fourth-order valence-corrected chi connectivity index (χ4v) is 4.03. The molecular weight excluding hydrogens is 240 g/mol. The van der Waals surface area contributed by atoms with Crippen molar-refractivity contribution in [3.63, 3.8) is 0 Å². The summed E-state index contributed by atoms with van der Waals surface area (Å²) >= 11 is 0. The molecule has 1 N–H and O–H groups in total. The molecule has 110 valence electrons. The van der Waals surface area contributed by atoms with Crippen molar-refractivity contribution in [2.75, 3.05) is 52.6 Å². The van der Waals surface area contributed by atoms with E-state index in [0.29, 0.717) is 11.5 Å². The third-order valence-electron chi connectivity index (χ3n) is 5.34. The summed E-state index contributed by atoms with van der Waals surface area (Å²) in [5.41, 5.74) is 0.452. The Hall–Kier alpha value is -0.160. The number of nitrogens with one attached hydrogen (secondary N) is 1. The molecule has 1 atom stereocenters. The Morgan fingerprint density at radius 1 is 1.16 bits per heavy atom. The van der Waals surface area contributed by atoms with Crippen LogP contribution in [0.15, 0.2) is 0 Å². The molecule has 4 nitrogen and oxygen atoms in total. The molecule has 3 heterocycles. The van der Waals surface area contributed by atoms with E-state index in [1.165, 1.54) is 32.4 Å². The van der Waals surface area contributed by atoms with Crippen LogP contribution in [0.4, 0.5) is 0 Å². The Morgan fingerprint density at radius 3 is 2.42 bits per heavy atom. The lowest BCUT2D eigenvalue weighted by Gasteiger charge is -2.51. The quantitative estimate of drug-likeness (QED) is 0.828. The van der Waals surface area contributed by atoms with Crippen molar-refractivity contribution in [2.24, 2.45) is 11.3 Å². The summed E-state index contributed by atoms with van der Waals surface area (Å²) in [6.45, 7) is 11.0. The standard InChI is InChI=1S/C15H28N2O2/c1-13(17-6-4-16-5-7-17)10-15(11-19-12-15)14-2-8-18-9-3-14/h13-14,16H,2-12H2,1H3. The zero-order chi connectivity index (χ0) is 13.1. The molecule has 4 heteroatoms. The van der Waals surface area contributed by atoms with E-state index in [-0.39, 0.29) is 0 Å². The topological polar surface area (TPSA) is 33.7 Å². The van der Waals surface area contributed by atoms with E-state index in [4.69, 9.17) is 9.47 Å². The van der Waals surface area contributed by atoms with E-state index in [1.807, 2.05) is 0 Å². The van der Waals surface area contributed by atoms with E-state index in [0.717, 1.165) is 45.4 Å². The molecule has 3 aliphatic rings. The Labute approximate surface area is 116 Å². The maximum Gasteiger partial charge on any atom is 0.0548 e. The lowest BCUT2D eigenvalue weighted by molar-refractivity contribution is -0.173. The van der Waals surface area contributed by atoms with Crippen molar-refractivity contribution in [1.29, 1.82) is 0 Å². The van der Waals surface area contributed by atoms with E-state index in [1.54, 1.807) is 0 Å². The van der Waals surface area contributed by atoms with Gasteiger partial charge in [-0.3, -0.25) is 4.90 Å². The van der Waals surface area contributed by atoms with Crippen LogP contribution in [0.5, 0.6) is 0 Å². The van der Waals surface area contributed by atoms with Gasteiger partial charge in [0, 0.05) is 50.8 Å². The van der Waals surface area contributed by atoms with Gasteiger partial charge in [0.2, 0.25) is 0 Å². The van der Waals surface area contributed by atoms with E-state index in [2.05, 4.69) is 17.1 Å². The maximum absolute atomic E-state index is 5.61. The van der Waals surface area contributed by atoms with Crippen molar-refractivity contribution in [3.8, 4) is 0 Å². The van der Waals surface area contributed by atoms with E-state index in [9.17, 15) is 0 Å². The monoisotopic (exact) mass is 268 g/mol. The van der Waals surface area contributed by atoms with Crippen LogP contribution in [0, 0.1) is 11.3 Å². The van der Waals surface area contributed by atoms with Gasteiger partial charge in [0.25, 0.3) is 0 Å². The van der Waals surface area contributed by atoms with Gasteiger partial charge in [-0.25, -0.2) is 0 Å². The molecule has 0 saturated carbocycles. The minimum atomic E-state index is 0.452. The first kappa shape index (κ1) is 13.8. The van der Waals surface area contributed by atoms with Crippen LogP contribution in [-0.2, 0) is 9.47 Å². The van der Waals surface area contributed by atoms with Crippen LogP contribution in [0.1, 0.15) is 26.2 Å². The molecule has 1 unspecified atom stereocenters. The largest absolute Gasteiger partial charge is 0.381 e. The molecule has 0 amide bonds. The second kappa shape index (κ2) is 6.08. The maximum atomic E-state index is 5.61. The van der Waals surface area contributed by atoms with Crippen LogP contribution in [0.25, 0.3) is 0 Å². The van der Waals surface area contributed by atoms with Gasteiger partial charge >= 0.3 is 0 Å². The minimum Gasteiger partial charge on any atom is -0.381 e. The van der Waals surface area contributed by atoms with Gasteiger partial charge in [0.05, 0.1) is 13.2 Å².